The van der Waals surface area contributed by atoms with Gasteiger partial charge in [0.25, 0.3) is 5.91 Å². The summed E-state index contributed by atoms with van der Waals surface area (Å²) in [6.07, 6.45) is 0. The summed E-state index contributed by atoms with van der Waals surface area (Å²) in [5.41, 5.74) is 0.887. The van der Waals surface area contributed by atoms with E-state index in [0.717, 1.165) is 13.8 Å². The second kappa shape index (κ2) is 7.95. The van der Waals surface area contributed by atoms with Gasteiger partial charge >= 0.3 is 5.97 Å². The lowest BCUT2D eigenvalue weighted by atomic mass is 10.3. The van der Waals surface area contributed by atoms with Crippen molar-refractivity contribution < 1.29 is 14.3 Å². The lowest BCUT2D eigenvalue weighted by Gasteiger charge is -2.20. The van der Waals surface area contributed by atoms with Crippen molar-refractivity contribution in [1.82, 2.24) is 4.90 Å². The maximum atomic E-state index is 11.9. The number of thiophene rings is 1. The van der Waals surface area contributed by atoms with Crippen LogP contribution >= 0.6 is 43.2 Å². The molecule has 0 unspecified atom stereocenters. The van der Waals surface area contributed by atoms with Crippen molar-refractivity contribution in [3.8, 4) is 0 Å². The second-order valence-corrected chi connectivity index (χ2v) is 7.40. The molecule has 1 amide bonds. The molecule has 0 fully saturated rings. The molecule has 0 saturated carbocycles. The third-order valence-electron chi connectivity index (χ3n) is 2.37. The first-order valence-electron chi connectivity index (χ1n) is 5.89. The Morgan fingerprint density at radius 2 is 2.10 bits per heavy atom. The average molecular weight is 425 g/mol. The van der Waals surface area contributed by atoms with Crippen molar-refractivity contribution in [1.29, 1.82) is 0 Å². The predicted octanol–water partition coefficient (Wildman–Crippen LogP) is 3.85. The minimum atomic E-state index is -0.499. The molecular formula is C13H15Br2NO3S. The molecule has 20 heavy (non-hydrogen) atoms. The number of amides is 1. The molecule has 0 bridgehead atoms. The molecule has 0 spiro atoms. The fourth-order valence-corrected chi connectivity index (χ4v) is 3.37. The monoisotopic (exact) mass is 423 g/mol. The smallest absolute Gasteiger partial charge is 0.348 e. The largest absolute Gasteiger partial charge is 0.451 e. The molecule has 0 atom stereocenters. The maximum absolute atomic E-state index is 11.9. The third-order valence-corrected chi connectivity index (χ3v) is 5.60. The van der Waals surface area contributed by atoms with Crippen LogP contribution in [-0.2, 0) is 9.53 Å². The Balaban J connectivity index is 2.55. The van der Waals surface area contributed by atoms with E-state index in [1.807, 2.05) is 13.8 Å². The highest BCUT2D eigenvalue weighted by Gasteiger charge is 2.17. The highest BCUT2D eigenvalue weighted by atomic mass is 79.9. The summed E-state index contributed by atoms with van der Waals surface area (Å²) in [5.74, 6) is -0.723. The Morgan fingerprint density at radius 3 is 2.55 bits per heavy atom. The molecule has 0 radical (unpaired) electrons. The van der Waals surface area contributed by atoms with E-state index < -0.39 is 5.97 Å². The molecule has 0 aliphatic heterocycles. The summed E-state index contributed by atoms with van der Waals surface area (Å²) in [6.45, 7) is 8.26. The van der Waals surface area contributed by atoms with Crippen LogP contribution in [0.1, 0.15) is 23.5 Å². The zero-order valence-corrected chi connectivity index (χ0v) is 15.2. The highest BCUT2D eigenvalue weighted by molar-refractivity contribution is 9.13. The minimum Gasteiger partial charge on any atom is -0.451 e. The number of esters is 1. The van der Waals surface area contributed by atoms with Gasteiger partial charge in [-0.2, -0.15) is 0 Å². The summed E-state index contributed by atoms with van der Waals surface area (Å²) >= 11 is 7.86. The normalized spacial score (nSPS) is 10.2. The van der Waals surface area contributed by atoms with Crippen molar-refractivity contribution in [3.05, 3.63) is 31.4 Å². The molecular weight excluding hydrogens is 410 g/mol. The summed E-state index contributed by atoms with van der Waals surface area (Å²) in [7, 11) is 0. The van der Waals surface area contributed by atoms with Gasteiger partial charge in [-0.25, -0.2) is 4.79 Å². The van der Waals surface area contributed by atoms with Crippen LogP contribution in [0, 0.1) is 0 Å². The summed E-state index contributed by atoms with van der Waals surface area (Å²) in [5, 5.41) is 0. The molecule has 0 N–H and O–H groups in total. The van der Waals surface area contributed by atoms with Gasteiger partial charge in [0, 0.05) is 17.6 Å². The van der Waals surface area contributed by atoms with E-state index in [4.69, 9.17) is 4.74 Å². The number of carbonyl (C=O) groups excluding carboxylic acids is 2. The van der Waals surface area contributed by atoms with E-state index >= 15 is 0 Å². The molecule has 0 aliphatic rings. The van der Waals surface area contributed by atoms with Crippen LogP contribution in [0.4, 0.5) is 0 Å². The van der Waals surface area contributed by atoms with Crippen LogP contribution < -0.4 is 0 Å². The van der Waals surface area contributed by atoms with E-state index in [1.165, 1.54) is 11.3 Å². The van der Waals surface area contributed by atoms with Crippen molar-refractivity contribution >= 4 is 55.1 Å². The van der Waals surface area contributed by atoms with Gasteiger partial charge in [-0.05, 0) is 51.8 Å². The Kier molecular flexibility index (Phi) is 6.91. The van der Waals surface area contributed by atoms with Crippen molar-refractivity contribution in [2.75, 3.05) is 19.7 Å². The molecule has 7 heteroatoms. The maximum Gasteiger partial charge on any atom is 0.348 e. The number of ether oxygens (including phenoxy) is 1. The zero-order valence-electron chi connectivity index (χ0n) is 11.2. The molecule has 0 saturated heterocycles. The van der Waals surface area contributed by atoms with Crippen LogP contribution in [0.15, 0.2) is 26.5 Å². The van der Waals surface area contributed by atoms with Crippen LogP contribution in [0.2, 0.25) is 0 Å². The number of halogens is 2. The van der Waals surface area contributed by atoms with Crippen LogP contribution in [0.25, 0.3) is 0 Å². The Labute approximate surface area is 139 Å². The van der Waals surface area contributed by atoms with E-state index in [2.05, 4.69) is 38.4 Å². The van der Waals surface area contributed by atoms with E-state index in [9.17, 15) is 9.59 Å². The molecule has 0 aliphatic carbocycles. The minimum absolute atomic E-state index is 0.224. The number of rotatable bonds is 6. The molecule has 1 heterocycles. The number of carbonyl (C=O) groups is 2. The Hall–Kier alpha value is -0.660. The lowest BCUT2D eigenvalue weighted by Crippen LogP contribution is -2.35. The number of nitrogens with zero attached hydrogens (tertiary/aromatic N) is 1. The molecule has 110 valence electrons. The van der Waals surface area contributed by atoms with Gasteiger partial charge < -0.3 is 9.64 Å². The number of hydrogen-bond acceptors (Lipinski definition) is 4. The topological polar surface area (TPSA) is 46.6 Å². The van der Waals surface area contributed by atoms with Crippen LogP contribution in [0.3, 0.4) is 0 Å². The van der Waals surface area contributed by atoms with Crippen LogP contribution in [0.5, 0.6) is 0 Å². The summed E-state index contributed by atoms with van der Waals surface area (Å²) in [4.78, 5) is 25.8. The highest BCUT2D eigenvalue weighted by Crippen LogP contribution is 2.32. The molecule has 1 aromatic rings. The fraction of sp³-hybridized carbons (Fsp3) is 0.385. The lowest BCUT2D eigenvalue weighted by molar-refractivity contribution is -0.133. The van der Waals surface area contributed by atoms with E-state index in [0.29, 0.717) is 18.0 Å². The Bertz CT molecular complexity index is 508. The first-order chi connectivity index (χ1) is 9.35. The summed E-state index contributed by atoms with van der Waals surface area (Å²) < 4.78 is 6.63. The van der Waals surface area contributed by atoms with Gasteiger partial charge in [-0.1, -0.05) is 12.2 Å². The summed E-state index contributed by atoms with van der Waals surface area (Å²) in [6, 6.07) is 1.66. The molecule has 1 aromatic heterocycles. The molecule has 0 aromatic carbocycles. The van der Waals surface area contributed by atoms with Gasteiger partial charge in [0.15, 0.2) is 6.61 Å². The zero-order chi connectivity index (χ0) is 15.3. The van der Waals surface area contributed by atoms with Gasteiger partial charge in [0.1, 0.15) is 4.88 Å². The van der Waals surface area contributed by atoms with Gasteiger partial charge in [0.05, 0.1) is 3.79 Å². The standard InChI is InChI=1S/C13H15Br2NO3S/c1-4-16(6-8(2)3)11(17)7-19-13(18)10-5-9(14)12(15)20-10/h5H,2,4,6-7H2,1,3H3. The number of hydrogen-bond donors (Lipinski definition) is 0. The van der Waals surface area contributed by atoms with Crippen molar-refractivity contribution in [2.24, 2.45) is 0 Å². The molecule has 4 nitrogen and oxygen atoms in total. The van der Waals surface area contributed by atoms with Crippen molar-refractivity contribution in [3.63, 3.8) is 0 Å². The van der Waals surface area contributed by atoms with Gasteiger partial charge in [-0.3, -0.25) is 4.79 Å². The fourth-order valence-electron chi connectivity index (χ4n) is 1.44. The first-order valence-corrected chi connectivity index (χ1v) is 8.29. The first kappa shape index (κ1) is 17.4. The number of likely N-dealkylation sites (N-methyl/N-ethyl adjacent to an activating group) is 1. The van der Waals surface area contributed by atoms with E-state index in [-0.39, 0.29) is 12.5 Å². The Morgan fingerprint density at radius 1 is 1.45 bits per heavy atom. The van der Waals surface area contributed by atoms with E-state index in [1.54, 1.807) is 11.0 Å². The van der Waals surface area contributed by atoms with Gasteiger partial charge in [-0.15, -0.1) is 11.3 Å². The van der Waals surface area contributed by atoms with Crippen LogP contribution in [-0.4, -0.2) is 36.5 Å². The SMILES string of the molecule is C=C(C)CN(CC)C(=O)COC(=O)c1cc(Br)c(Br)s1. The molecule has 1 rings (SSSR count). The average Bonchev–Trinajstić information content (AvgIpc) is 2.72. The third kappa shape index (κ3) is 5.03. The van der Waals surface area contributed by atoms with Gasteiger partial charge in [0.2, 0.25) is 0 Å². The second-order valence-electron chi connectivity index (χ2n) is 4.17. The quantitative estimate of drug-likeness (QED) is 0.514. The van der Waals surface area contributed by atoms with Crippen molar-refractivity contribution in [2.45, 2.75) is 13.8 Å². The predicted molar refractivity (Wildman–Crippen MR) is 87.1 cm³/mol.